The standard InChI is InChI=1S/C36H64O6/c37-31-42-34(25-9-5-1-3-7-11-27-35(38)40-29-17-23-32-19-13-14-20-32)26-10-6-2-4-8-12-28-36(39)41-30-18-24-33-21-15-16-22-33/h31-34H,1-30H2. The molecule has 0 saturated heterocycles. The van der Waals surface area contributed by atoms with Crippen molar-refractivity contribution >= 4 is 18.4 Å². The van der Waals surface area contributed by atoms with Crippen LogP contribution in [0.4, 0.5) is 0 Å². The van der Waals surface area contributed by atoms with E-state index in [1.807, 2.05) is 0 Å². The van der Waals surface area contributed by atoms with E-state index in [-0.39, 0.29) is 18.0 Å². The molecule has 2 saturated carbocycles. The van der Waals surface area contributed by atoms with Gasteiger partial charge in [-0.05, 0) is 76.0 Å². The van der Waals surface area contributed by atoms with Gasteiger partial charge in [0, 0.05) is 12.8 Å². The van der Waals surface area contributed by atoms with Crippen molar-refractivity contribution in [2.24, 2.45) is 11.8 Å². The van der Waals surface area contributed by atoms with Gasteiger partial charge in [0.1, 0.15) is 6.10 Å². The van der Waals surface area contributed by atoms with Gasteiger partial charge in [0.2, 0.25) is 0 Å². The predicted octanol–water partition coefficient (Wildman–Crippen LogP) is 9.80. The van der Waals surface area contributed by atoms with Gasteiger partial charge in [0.05, 0.1) is 13.2 Å². The van der Waals surface area contributed by atoms with Crippen LogP contribution in [0.25, 0.3) is 0 Å². The van der Waals surface area contributed by atoms with Gasteiger partial charge in [-0.25, -0.2) is 0 Å². The maximum atomic E-state index is 11.9. The Morgan fingerprint density at radius 1 is 0.548 bits per heavy atom. The van der Waals surface area contributed by atoms with E-state index in [0.29, 0.717) is 32.5 Å². The van der Waals surface area contributed by atoms with Crippen LogP contribution < -0.4 is 0 Å². The predicted molar refractivity (Wildman–Crippen MR) is 169 cm³/mol. The first kappa shape index (κ1) is 36.6. The van der Waals surface area contributed by atoms with Crippen molar-refractivity contribution in [1.29, 1.82) is 0 Å². The molecule has 6 heteroatoms. The molecule has 0 unspecified atom stereocenters. The largest absolute Gasteiger partial charge is 0.466 e. The fraction of sp³-hybridized carbons (Fsp3) is 0.917. The summed E-state index contributed by atoms with van der Waals surface area (Å²) in [4.78, 5) is 34.7. The summed E-state index contributed by atoms with van der Waals surface area (Å²) in [7, 11) is 0. The molecule has 0 aromatic rings. The molecule has 2 fully saturated rings. The summed E-state index contributed by atoms with van der Waals surface area (Å²) in [6, 6.07) is 0. The second-order valence-corrected chi connectivity index (χ2v) is 13.2. The van der Waals surface area contributed by atoms with Crippen LogP contribution in [0.2, 0.25) is 0 Å². The van der Waals surface area contributed by atoms with Gasteiger partial charge in [-0.1, -0.05) is 103 Å². The Morgan fingerprint density at radius 3 is 1.33 bits per heavy atom. The van der Waals surface area contributed by atoms with Crippen molar-refractivity contribution in [1.82, 2.24) is 0 Å². The molecule has 0 radical (unpaired) electrons. The summed E-state index contributed by atoms with van der Waals surface area (Å²) in [5, 5.41) is 0. The molecular weight excluding hydrogens is 528 g/mol. The third-order valence-electron chi connectivity index (χ3n) is 9.55. The van der Waals surface area contributed by atoms with Crippen molar-refractivity contribution < 1.29 is 28.6 Å². The van der Waals surface area contributed by atoms with Crippen LogP contribution >= 0.6 is 0 Å². The van der Waals surface area contributed by atoms with Crippen molar-refractivity contribution in [2.45, 2.75) is 186 Å². The molecule has 0 aliphatic heterocycles. The summed E-state index contributed by atoms with van der Waals surface area (Å²) in [5.74, 6) is 1.68. The third kappa shape index (κ3) is 20.3. The second kappa shape index (κ2) is 25.9. The van der Waals surface area contributed by atoms with E-state index in [1.54, 1.807) is 0 Å². The van der Waals surface area contributed by atoms with Gasteiger partial charge in [-0.2, -0.15) is 0 Å². The average molecular weight is 593 g/mol. The first-order valence-electron chi connectivity index (χ1n) is 18.1. The Labute approximate surface area is 257 Å². The second-order valence-electron chi connectivity index (χ2n) is 13.2. The van der Waals surface area contributed by atoms with Crippen molar-refractivity contribution in [2.75, 3.05) is 13.2 Å². The zero-order valence-electron chi connectivity index (χ0n) is 27.0. The Bertz CT molecular complexity index is 616. The summed E-state index contributed by atoms with van der Waals surface area (Å²) in [6.07, 6.45) is 31.5. The fourth-order valence-electron chi connectivity index (χ4n) is 6.91. The summed E-state index contributed by atoms with van der Waals surface area (Å²) in [5.41, 5.74) is 0. The Balaban J connectivity index is 1.31. The average Bonchev–Trinajstić information content (AvgIpc) is 3.71. The van der Waals surface area contributed by atoms with Gasteiger partial charge in [-0.15, -0.1) is 0 Å². The van der Waals surface area contributed by atoms with Crippen molar-refractivity contribution in [3.05, 3.63) is 0 Å². The molecule has 0 aromatic carbocycles. The first-order valence-corrected chi connectivity index (χ1v) is 18.1. The molecule has 0 spiro atoms. The van der Waals surface area contributed by atoms with Gasteiger partial charge < -0.3 is 14.2 Å². The number of carbonyl (C=O) groups excluding carboxylic acids is 3. The molecule has 0 bridgehead atoms. The highest BCUT2D eigenvalue weighted by molar-refractivity contribution is 5.69. The minimum Gasteiger partial charge on any atom is -0.466 e. The van der Waals surface area contributed by atoms with Crippen LogP contribution in [0.15, 0.2) is 0 Å². The molecule has 0 N–H and O–H groups in total. The lowest BCUT2D eigenvalue weighted by molar-refractivity contribution is -0.144. The van der Waals surface area contributed by atoms with Gasteiger partial charge in [0.25, 0.3) is 6.47 Å². The highest BCUT2D eigenvalue weighted by atomic mass is 16.5. The zero-order chi connectivity index (χ0) is 29.9. The normalized spacial score (nSPS) is 15.8. The Kier molecular flexibility index (Phi) is 22.5. The molecule has 2 rings (SSSR count). The van der Waals surface area contributed by atoms with Crippen LogP contribution in [0.1, 0.15) is 180 Å². The molecular formula is C36H64O6. The quantitative estimate of drug-likeness (QED) is 0.0389. The lowest BCUT2D eigenvalue weighted by Crippen LogP contribution is -2.12. The number of ether oxygens (including phenoxy) is 3. The number of esters is 2. The van der Waals surface area contributed by atoms with Crippen LogP contribution in [-0.4, -0.2) is 37.7 Å². The molecule has 0 atom stereocenters. The maximum absolute atomic E-state index is 11.9. The zero-order valence-corrected chi connectivity index (χ0v) is 27.0. The third-order valence-corrected chi connectivity index (χ3v) is 9.55. The molecule has 2 aliphatic carbocycles. The number of hydrogen-bond acceptors (Lipinski definition) is 6. The van der Waals surface area contributed by atoms with Crippen LogP contribution in [0.5, 0.6) is 0 Å². The highest BCUT2D eigenvalue weighted by Crippen LogP contribution is 2.29. The van der Waals surface area contributed by atoms with E-state index in [1.165, 1.54) is 64.2 Å². The lowest BCUT2D eigenvalue weighted by atomic mass is 10.0. The summed E-state index contributed by atoms with van der Waals surface area (Å²) < 4.78 is 16.1. The van der Waals surface area contributed by atoms with Crippen LogP contribution in [0, 0.1) is 11.8 Å². The maximum Gasteiger partial charge on any atom is 0.305 e. The Hall–Kier alpha value is -1.59. The SMILES string of the molecule is O=COC(CCCCCCCCC(=O)OCCCC1CCCC1)CCCCCCCCC(=O)OCCCC1CCCC1. The van der Waals surface area contributed by atoms with E-state index in [0.717, 1.165) is 115 Å². The first-order chi connectivity index (χ1) is 20.7. The fourth-order valence-corrected chi connectivity index (χ4v) is 6.91. The minimum absolute atomic E-state index is 0.0323. The van der Waals surface area contributed by atoms with E-state index in [9.17, 15) is 14.4 Å². The molecule has 42 heavy (non-hydrogen) atoms. The topological polar surface area (TPSA) is 78.9 Å². The van der Waals surface area contributed by atoms with E-state index < -0.39 is 0 Å². The molecule has 2 aliphatic rings. The van der Waals surface area contributed by atoms with Crippen LogP contribution in [-0.2, 0) is 28.6 Å². The van der Waals surface area contributed by atoms with E-state index >= 15 is 0 Å². The van der Waals surface area contributed by atoms with Crippen LogP contribution in [0.3, 0.4) is 0 Å². The van der Waals surface area contributed by atoms with Gasteiger partial charge in [-0.3, -0.25) is 14.4 Å². The monoisotopic (exact) mass is 592 g/mol. The van der Waals surface area contributed by atoms with Gasteiger partial charge >= 0.3 is 11.9 Å². The smallest absolute Gasteiger partial charge is 0.305 e. The molecule has 6 nitrogen and oxygen atoms in total. The molecule has 0 amide bonds. The Morgan fingerprint density at radius 2 is 0.929 bits per heavy atom. The number of hydrogen-bond donors (Lipinski definition) is 0. The summed E-state index contributed by atoms with van der Waals surface area (Å²) in [6.45, 7) is 1.79. The summed E-state index contributed by atoms with van der Waals surface area (Å²) >= 11 is 0. The number of carbonyl (C=O) groups is 3. The minimum atomic E-state index is -0.0323. The van der Waals surface area contributed by atoms with Crippen molar-refractivity contribution in [3.63, 3.8) is 0 Å². The lowest BCUT2D eigenvalue weighted by Gasteiger charge is -2.15. The van der Waals surface area contributed by atoms with Gasteiger partial charge in [0.15, 0.2) is 0 Å². The number of unbranched alkanes of at least 4 members (excludes halogenated alkanes) is 10. The molecule has 0 heterocycles. The van der Waals surface area contributed by atoms with E-state index in [4.69, 9.17) is 14.2 Å². The highest BCUT2D eigenvalue weighted by Gasteiger charge is 2.15. The molecule has 0 aromatic heterocycles. The molecule has 244 valence electrons. The number of rotatable bonds is 28. The van der Waals surface area contributed by atoms with Crippen molar-refractivity contribution in [3.8, 4) is 0 Å². The van der Waals surface area contributed by atoms with E-state index in [2.05, 4.69) is 0 Å².